The summed E-state index contributed by atoms with van der Waals surface area (Å²) >= 11 is 7.45. The molecule has 1 aliphatic carbocycles. The first-order valence-corrected chi connectivity index (χ1v) is 8.54. The number of carbonyl (C=O) groups excluding carboxylic acids is 1. The Morgan fingerprint density at radius 2 is 1.95 bits per heavy atom. The summed E-state index contributed by atoms with van der Waals surface area (Å²) in [7, 11) is 0. The third-order valence-electron chi connectivity index (χ3n) is 3.93. The lowest BCUT2D eigenvalue weighted by Gasteiger charge is -2.30. The number of thioether (sulfide) groups is 1. The molecule has 2 nitrogen and oxygen atoms in total. The molecule has 1 aromatic rings. The molecule has 1 aliphatic rings. The van der Waals surface area contributed by atoms with Crippen molar-refractivity contribution in [3.63, 3.8) is 0 Å². The zero-order chi connectivity index (χ0) is 14.5. The first-order chi connectivity index (χ1) is 9.56. The smallest absolute Gasteiger partial charge is 0.233 e. The third-order valence-corrected chi connectivity index (χ3v) is 5.30. The molecule has 1 N–H and O–H groups in total. The van der Waals surface area contributed by atoms with Crippen LogP contribution in [0.2, 0.25) is 5.02 Å². The normalized spacial score (nSPS) is 24.1. The molecule has 0 radical (unpaired) electrons. The number of hydrogen-bond acceptors (Lipinski definition) is 2. The molecule has 0 saturated heterocycles. The summed E-state index contributed by atoms with van der Waals surface area (Å²) in [5.41, 5.74) is 0. The van der Waals surface area contributed by atoms with E-state index in [0.29, 0.717) is 12.0 Å². The molecule has 1 saturated carbocycles. The Hall–Kier alpha value is -0.670. The van der Waals surface area contributed by atoms with Gasteiger partial charge in [0.15, 0.2) is 0 Å². The first-order valence-electron chi connectivity index (χ1n) is 7.29. The first kappa shape index (κ1) is 15.7. The molecule has 1 fully saturated rings. The van der Waals surface area contributed by atoms with Crippen LogP contribution in [-0.2, 0) is 4.79 Å². The molecule has 110 valence electrons. The minimum Gasteiger partial charge on any atom is -0.352 e. The average Bonchev–Trinajstić information content (AvgIpc) is 2.44. The Morgan fingerprint density at radius 3 is 2.60 bits per heavy atom. The van der Waals surface area contributed by atoms with E-state index in [4.69, 9.17) is 11.6 Å². The van der Waals surface area contributed by atoms with Crippen LogP contribution >= 0.6 is 23.4 Å². The van der Waals surface area contributed by atoms with Crippen molar-refractivity contribution < 1.29 is 4.79 Å². The van der Waals surface area contributed by atoms with Gasteiger partial charge in [-0.1, -0.05) is 31.4 Å². The van der Waals surface area contributed by atoms with Crippen LogP contribution in [-0.4, -0.2) is 17.2 Å². The Morgan fingerprint density at radius 1 is 1.30 bits per heavy atom. The van der Waals surface area contributed by atoms with Crippen LogP contribution < -0.4 is 5.32 Å². The lowest BCUT2D eigenvalue weighted by Crippen LogP contribution is -2.44. The van der Waals surface area contributed by atoms with Gasteiger partial charge >= 0.3 is 0 Å². The highest BCUT2D eigenvalue weighted by atomic mass is 35.5. The van der Waals surface area contributed by atoms with E-state index in [-0.39, 0.29) is 11.2 Å². The monoisotopic (exact) mass is 311 g/mol. The highest BCUT2D eigenvalue weighted by molar-refractivity contribution is 8.00. The van der Waals surface area contributed by atoms with E-state index >= 15 is 0 Å². The highest BCUT2D eigenvalue weighted by Gasteiger charge is 2.25. The minimum atomic E-state index is -0.0784. The molecule has 20 heavy (non-hydrogen) atoms. The van der Waals surface area contributed by atoms with Crippen molar-refractivity contribution in [1.29, 1.82) is 0 Å². The van der Waals surface area contributed by atoms with Crippen LogP contribution in [0.15, 0.2) is 29.2 Å². The van der Waals surface area contributed by atoms with Crippen molar-refractivity contribution in [2.24, 2.45) is 5.92 Å². The highest BCUT2D eigenvalue weighted by Crippen LogP contribution is 2.27. The molecule has 3 atom stereocenters. The summed E-state index contributed by atoms with van der Waals surface area (Å²) in [4.78, 5) is 13.3. The van der Waals surface area contributed by atoms with E-state index in [0.717, 1.165) is 16.3 Å². The van der Waals surface area contributed by atoms with Crippen LogP contribution in [0, 0.1) is 5.92 Å². The van der Waals surface area contributed by atoms with Gasteiger partial charge in [0.05, 0.1) is 5.25 Å². The number of hydrogen-bond donors (Lipinski definition) is 1. The lowest BCUT2D eigenvalue weighted by atomic mass is 9.86. The molecule has 0 aromatic heterocycles. The fourth-order valence-electron chi connectivity index (χ4n) is 2.60. The summed E-state index contributed by atoms with van der Waals surface area (Å²) in [5.74, 6) is 0.740. The van der Waals surface area contributed by atoms with E-state index in [2.05, 4.69) is 12.2 Å². The fraction of sp³-hybridized carbons (Fsp3) is 0.562. The van der Waals surface area contributed by atoms with Gasteiger partial charge in [0.1, 0.15) is 0 Å². The zero-order valence-electron chi connectivity index (χ0n) is 12.1. The largest absolute Gasteiger partial charge is 0.352 e. The van der Waals surface area contributed by atoms with E-state index < -0.39 is 0 Å². The Labute approximate surface area is 130 Å². The maximum Gasteiger partial charge on any atom is 0.233 e. The van der Waals surface area contributed by atoms with Crippen molar-refractivity contribution in [1.82, 2.24) is 5.32 Å². The van der Waals surface area contributed by atoms with Gasteiger partial charge in [-0.25, -0.2) is 0 Å². The van der Waals surface area contributed by atoms with Crippen molar-refractivity contribution in [2.45, 2.75) is 55.7 Å². The topological polar surface area (TPSA) is 29.1 Å². The predicted molar refractivity (Wildman–Crippen MR) is 86.3 cm³/mol. The maximum atomic E-state index is 12.3. The van der Waals surface area contributed by atoms with Crippen LogP contribution in [0.4, 0.5) is 0 Å². The Kier molecular flexibility index (Phi) is 5.79. The van der Waals surface area contributed by atoms with Crippen LogP contribution in [0.5, 0.6) is 0 Å². The number of nitrogens with one attached hydrogen (secondary N) is 1. The molecule has 1 amide bonds. The standard InChI is InChI=1S/C16H22ClNOS/c1-11-5-3-4-6-15(11)18-16(19)12(2)20-14-9-7-13(17)8-10-14/h7-12,15H,3-6H2,1-2H3,(H,18,19)/t11-,12-,15-/m1/s1. The van der Waals surface area contributed by atoms with Crippen molar-refractivity contribution >= 4 is 29.3 Å². The van der Waals surface area contributed by atoms with Gasteiger partial charge in [-0.2, -0.15) is 0 Å². The van der Waals surface area contributed by atoms with Crippen molar-refractivity contribution in [2.75, 3.05) is 0 Å². The third kappa shape index (κ3) is 4.42. The fourth-order valence-corrected chi connectivity index (χ4v) is 3.60. The van der Waals surface area contributed by atoms with Gasteiger partial charge in [-0.15, -0.1) is 11.8 Å². The molecule has 0 spiro atoms. The van der Waals surface area contributed by atoms with Crippen LogP contribution in [0.25, 0.3) is 0 Å². The van der Waals surface area contributed by atoms with E-state index in [1.165, 1.54) is 19.3 Å². The number of rotatable bonds is 4. The second kappa shape index (κ2) is 7.37. The maximum absolute atomic E-state index is 12.3. The zero-order valence-corrected chi connectivity index (χ0v) is 13.6. The molecule has 2 rings (SSSR count). The second-order valence-electron chi connectivity index (χ2n) is 5.59. The molecule has 0 heterocycles. The Bertz CT molecular complexity index is 448. The van der Waals surface area contributed by atoms with Gasteiger partial charge in [-0.3, -0.25) is 4.79 Å². The molecule has 1 aromatic carbocycles. The molecular weight excluding hydrogens is 290 g/mol. The quantitative estimate of drug-likeness (QED) is 0.829. The SMILES string of the molecule is C[C@@H]1CCCC[C@H]1NC(=O)[C@@H](C)Sc1ccc(Cl)cc1. The van der Waals surface area contributed by atoms with Gasteiger partial charge < -0.3 is 5.32 Å². The summed E-state index contributed by atoms with van der Waals surface area (Å²) in [6.07, 6.45) is 4.87. The summed E-state index contributed by atoms with van der Waals surface area (Å²) in [5, 5.41) is 3.86. The van der Waals surface area contributed by atoms with Gasteiger partial charge in [0.2, 0.25) is 5.91 Å². The van der Waals surface area contributed by atoms with Gasteiger partial charge in [0, 0.05) is 16.0 Å². The number of benzene rings is 1. The van der Waals surface area contributed by atoms with E-state index in [1.54, 1.807) is 11.8 Å². The number of carbonyl (C=O) groups is 1. The molecule has 0 bridgehead atoms. The van der Waals surface area contributed by atoms with E-state index in [1.807, 2.05) is 31.2 Å². The molecule has 4 heteroatoms. The summed E-state index contributed by atoms with van der Waals surface area (Å²) < 4.78 is 0. The van der Waals surface area contributed by atoms with E-state index in [9.17, 15) is 4.79 Å². The lowest BCUT2D eigenvalue weighted by molar-refractivity contribution is -0.121. The number of halogens is 1. The summed E-state index contributed by atoms with van der Waals surface area (Å²) in [6, 6.07) is 7.99. The predicted octanol–water partition coefficient (Wildman–Crippen LogP) is 4.52. The molecule has 0 aliphatic heterocycles. The molecular formula is C16H22ClNOS. The van der Waals surface area contributed by atoms with Gasteiger partial charge in [0.25, 0.3) is 0 Å². The minimum absolute atomic E-state index is 0.0784. The average molecular weight is 312 g/mol. The van der Waals surface area contributed by atoms with Crippen molar-refractivity contribution in [3.8, 4) is 0 Å². The number of amides is 1. The second-order valence-corrected chi connectivity index (χ2v) is 7.44. The summed E-state index contributed by atoms with van der Waals surface area (Å²) in [6.45, 7) is 4.20. The molecule has 0 unspecified atom stereocenters. The van der Waals surface area contributed by atoms with Crippen molar-refractivity contribution in [3.05, 3.63) is 29.3 Å². The Balaban J connectivity index is 1.86. The van der Waals surface area contributed by atoms with Crippen LogP contribution in [0.1, 0.15) is 39.5 Å². The van der Waals surface area contributed by atoms with Crippen LogP contribution in [0.3, 0.4) is 0 Å². The van der Waals surface area contributed by atoms with Gasteiger partial charge in [-0.05, 0) is 49.9 Å².